The third kappa shape index (κ3) is 1.83. The summed E-state index contributed by atoms with van der Waals surface area (Å²) in [5, 5.41) is 4.87. The van der Waals surface area contributed by atoms with Crippen molar-refractivity contribution in [2.45, 2.75) is 45.9 Å². The number of aryl methyl sites for hydroxylation is 1. The molecule has 3 rings (SSSR count). The lowest BCUT2D eigenvalue weighted by Gasteiger charge is -2.54. The van der Waals surface area contributed by atoms with Gasteiger partial charge in [0.05, 0.1) is 6.10 Å². The Kier molecular flexibility index (Phi) is 2.76. The summed E-state index contributed by atoms with van der Waals surface area (Å²) >= 11 is 1.78. The zero-order valence-electron chi connectivity index (χ0n) is 10.7. The van der Waals surface area contributed by atoms with E-state index in [1.165, 1.54) is 16.3 Å². The summed E-state index contributed by atoms with van der Waals surface area (Å²) in [5.74, 6) is 0.714. The molecule has 0 aromatic carbocycles. The van der Waals surface area contributed by atoms with E-state index in [2.05, 4.69) is 31.1 Å². The smallest absolute Gasteiger partial charge is 0.107 e. The van der Waals surface area contributed by atoms with E-state index in [0.29, 0.717) is 18.1 Å². The van der Waals surface area contributed by atoms with Gasteiger partial charge < -0.3 is 10.1 Å². The quantitative estimate of drug-likeness (QED) is 0.896. The molecule has 1 aliphatic carbocycles. The fourth-order valence-corrected chi connectivity index (χ4v) is 4.16. The Morgan fingerprint density at radius 1 is 1.59 bits per heavy atom. The molecular formula is C13H20N2OS. The minimum Gasteiger partial charge on any atom is -0.377 e. The summed E-state index contributed by atoms with van der Waals surface area (Å²) in [6.07, 6.45) is 3.63. The number of ether oxygens (including phenoxy) is 1. The van der Waals surface area contributed by atoms with Crippen molar-refractivity contribution in [1.82, 2.24) is 10.3 Å². The van der Waals surface area contributed by atoms with Crippen molar-refractivity contribution in [3.8, 4) is 0 Å². The molecular weight excluding hydrogens is 232 g/mol. The average molecular weight is 252 g/mol. The second kappa shape index (κ2) is 4.04. The van der Waals surface area contributed by atoms with Crippen molar-refractivity contribution in [2.75, 3.05) is 6.61 Å². The number of nitrogens with zero attached hydrogens (tertiary/aromatic N) is 1. The molecule has 1 saturated heterocycles. The van der Waals surface area contributed by atoms with Crippen molar-refractivity contribution >= 4 is 11.3 Å². The molecule has 4 heteroatoms. The van der Waals surface area contributed by atoms with Crippen LogP contribution in [0.3, 0.4) is 0 Å². The lowest BCUT2D eigenvalue weighted by molar-refractivity contribution is -0.113. The van der Waals surface area contributed by atoms with E-state index in [-0.39, 0.29) is 5.41 Å². The maximum absolute atomic E-state index is 5.80. The zero-order valence-corrected chi connectivity index (χ0v) is 11.5. The summed E-state index contributed by atoms with van der Waals surface area (Å²) in [6, 6.07) is 0.583. The topological polar surface area (TPSA) is 34.2 Å². The highest BCUT2D eigenvalue weighted by atomic mass is 32.1. The number of thiazole rings is 1. The Morgan fingerprint density at radius 2 is 2.41 bits per heavy atom. The van der Waals surface area contributed by atoms with Crippen LogP contribution in [0.25, 0.3) is 0 Å². The molecule has 94 valence electrons. The van der Waals surface area contributed by atoms with E-state index in [1.807, 2.05) is 6.20 Å². The summed E-state index contributed by atoms with van der Waals surface area (Å²) in [5.41, 5.74) is 0.271. The second-order valence-electron chi connectivity index (χ2n) is 5.79. The van der Waals surface area contributed by atoms with Gasteiger partial charge in [-0.05, 0) is 13.3 Å². The van der Waals surface area contributed by atoms with Crippen molar-refractivity contribution in [3.63, 3.8) is 0 Å². The lowest BCUT2D eigenvalue weighted by atomic mass is 9.57. The van der Waals surface area contributed by atoms with Crippen molar-refractivity contribution in [3.05, 3.63) is 16.1 Å². The van der Waals surface area contributed by atoms with E-state index in [9.17, 15) is 0 Å². The molecule has 1 N–H and O–H groups in total. The predicted octanol–water partition coefficient (Wildman–Crippen LogP) is 2.35. The number of rotatable bonds is 3. The van der Waals surface area contributed by atoms with Gasteiger partial charge in [-0.1, -0.05) is 13.8 Å². The Bertz CT molecular complexity index is 415. The van der Waals surface area contributed by atoms with Crippen molar-refractivity contribution in [2.24, 2.45) is 11.3 Å². The summed E-state index contributed by atoms with van der Waals surface area (Å²) in [6.45, 7) is 8.56. The highest BCUT2D eigenvalue weighted by Crippen LogP contribution is 2.52. The monoisotopic (exact) mass is 252 g/mol. The Balaban J connectivity index is 1.62. The van der Waals surface area contributed by atoms with Gasteiger partial charge in [0.15, 0.2) is 0 Å². The van der Waals surface area contributed by atoms with Gasteiger partial charge in [0, 0.05) is 41.6 Å². The minimum absolute atomic E-state index is 0.271. The number of nitrogens with one attached hydrogen (secondary N) is 1. The predicted molar refractivity (Wildman–Crippen MR) is 69.1 cm³/mol. The van der Waals surface area contributed by atoms with E-state index in [0.717, 1.165) is 13.2 Å². The van der Waals surface area contributed by atoms with E-state index < -0.39 is 0 Å². The molecule has 1 aliphatic heterocycles. The summed E-state index contributed by atoms with van der Waals surface area (Å²) in [7, 11) is 0. The standard InChI is InChI=1S/C13H20N2OS/c1-8-6-14-10(17-8)7-15-11-9-4-5-16-12(9)13(11,2)3/h6,9,11-12,15H,4-5,7H2,1-3H3. The van der Waals surface area contributed by atoms with Gasteiger partial charge in [-0.3, -0.25) is 0 Å². The van der Waals surface area contributed by atoms with Crippen LogP contribution in [0.2, 0.25) is 0 Å². The summed E-state index contributed by atoms with van der Waals surface area (Å²) in [4.78, 5) is 5.69. The normalized spacial score (nSPS) is 34.4. The van der Waals surface area contributed by atoms with Gasteiger partial charge >= 0.3 is 0 Å². The van der Waals surface area contributed by atoms with E-state index in [1.54, 1.807) is 11.3 Å². The van der Waals surface area contributed by atoms with Gasteiger partial charge in [0.1, 0.15) is 5.01 Å². The van der Waals surface area contributed by atoms with Gasteiger partial charge in [0.25, 0.3) is 0 Å². The van der Waals surface area contributed by atoms with E-state index >= 15 is 0 Å². The fraction of sp³-hybridized carbons (Fsp3) is 0.769. The SMILES string of the molecule is Cc1cnc(CNC2C3CCOC3C2(C)C)s1. The van der Waals surface area contributed by atoms with Crippen LogP contribution in [-0.2, 0) is 11.3 Å². The molecule has 2 fully saturated rings. The molecule has 2 heterocycles. The first-order valence-electron chi connectivity index (χ1n) is 6.35. The van der Waals surface area contributed by atoms with Gasteiger partial charge in [0.2, 0.25) is 0 Å². The molecule has 0 bridgehead atoms. The van der Waals surface area contributed by atoms with Crippen LogP contribution in [0.5, 0.6) is 0 Å². The maximum Gasteiger partial charge on any atom is 0.107 e. The molecule has 3 unspecified atom stereocenters. The second-order valence-corrected chi connectivity index (χ2v) is 7.11. The number of hydrogen-bond acceptors (Lipinski definition) is 4. The van der Waals surface area contributed by atoms with Crippen LogP contribution in [0, 0.1) is 18.3 Å². The minimum atomic E-state index is 0.271. The average Bonchev–Trinajstić information content (AvgIpc) is 2.86. The third-order valence-electron chi connectivity index (χ3n) is 4.24. The molecule has 1 aromatic heterocycles. The van der Waals surface area contributed by atoms with Gasteiger partial charge in [-0.25, -0.2) is 4.98 Å². The molecule has 17 heavy (non-hydrogen) atoms. The lowest BCUT2D eigenvalue weighted by Crippen LogP contribution is -2.65. The number of aromatic nitrogens is 1. The first kappa shape index (κ1) is 11.6. The Hall–Kier alpha value is -0.450. The first-order valence-corrected chi connectivity index (χ1v) is 7.17. The van der Waals surface area contributed by atoms with Crippen LogP contribution >= 0.6 is 11.3 Å². The molecule has 0 amide bonds. The van der Waals surface area contributed by atoms with Crippen LogP contribution < -0.4 is 5.32 Å². The van der Waals surface area contributed by atoms with Crippen LogP contribution in [0.15, 0.2) is 6.20 Å². The third-order valence-corrected chi connectivity index (χ3v) is 5.16. The van der Waals surface area contributed by atoms with Crippen molar-refractivity contribution in [1.29, 1.82) is 0 Å². The Labute approximate surface area is 107 Å². The van der Waals surface area contributed by atoms with Crippen molar-refractivity contribution < 1.29 is 4.74 Å². The molecule has 0 radical (unpaired) electrons. The summed E-state index contributed by atoms with van der Waals surface area (Å²) < 4.78 is 5.80. The fourth-order valence-electron chi connectivity index (χ4n) is 3.42. The molecule has 0 spiro atoms. The van der Waals surface area contributed by atoms with E-state index in [4.69, 9.17) is 4.74 Å². The van der Waals surface area contributed by atoms with Crippen LogP contribution in [-0.4, -0.2) is 23.7 Å². The number of fused-ring (bicyclic) bond motifs is 1. The largest absolute Gasteiger partial charge is 0.377 e. The number of hydrogen-bond donors (Lipinski definition) is 1. The molecule has 3 nitrogen and oxygen atoms in total. The van der Waals surface area contributed by atoms with Crippen LogP contribution in [0.4, 0.5) is 0 Å². The highest BCUT2D eigenvalue weighted by molar-refractivity contribution is 7.11. The zero-order chi connectivity index (χ0) is 12.0. The van der Waals surface area contributed by atoms with Gasteiger partial charge in [-0.2, -0.15) is 0 Å². The molecule has 3 atom stereocenters. The molecule has 1 saturated carbocycles. The Morgan fingerprint density at radius 3 is 3.12 bits per heavy atom. The maximum atomic E-state index is 5.80. The molecule has 2 aliphatic rings. The first-order chi connectivity index (χ1) is 8.09. The van der Waals surface area contributed by atoms with Gasteiger partial charge in [-0.15, -0.1) is 11.3 Å². The molecule has 1 aromatic rings. The highest BCUT2D eigenvalue weighted by Gasteiger charge is 2.58. The van der Waals surface area contributed by atoms with Crippen LogP contribution in [0.1, 0.15) is 30.2 Å².